The van der Waals surface area contributed by atoms with Crippen LogP contribution < -0.4 is 10.1 Å². The topological polar surface area (TPSA) is 108 Å². The third-order valence-corrected chi connectivity index (χ3v) is 3.76. The molecule has 2 rings (SSSR count). The van der Waals surface area contributed by atoms with E-state index >= 15 is 0 Å². The fraction of sp³-hybridized carbons (Fsp3) is 0.176. The fourth-order valence-corrected chi connectivity index (χ4v) is 2.35. The van der Waals surface area contributed by atoms with Gasteiger partial charge in [0.2, 0.25) is 0 Å². The lowest BCUT2D eigenvalue weighted by molar-refractivity contribution is -0.384. The van der Waals surface area contributed by atoms with E-state index in [1.54, 1.807) is 6.07 Å². The van der Waals surface area contributed by atoms with E-state index in [1.165, 1.54) is 36.4 Å². The quantitative estimate of drug-likeness (QED) is 0.405. The maximum absolute atomic E-state index is 11.7. The molecule has 0 atom stereocenters. The van der Waals surface area contributed by atoms with E-state index in [-0.39, 0.29) is 36.2 Å². The van der Waals surface area contributed by atoms with Crippen molar-refractivity contribution in [2.75, 3.05) is 13.2 Å². The van der Waals surface area contributed by atoms with Gasteiger partial charge in [0.25, 0.3) is 11.6 Å². The third kappa shape index (κ3) is 6.76. The first kappa shape index (κ1) is 20.5. The number of rotatable bonds is 8. The Morgan fingerprint density at radius 3 is 2.44 bits per heavy atom. The average Bonchev–Trinajstić information content (AvgIpc) is 2.64. The van der Waals surface area contributed by atoms with Crippen molar-refractivity contribution < 1.29 is 24.0 Å². The Kier molecular flexibility index (Phi) is 7.39. The van der Waals surface area contributed by atoms with Crippen LogP contribution in [-0.2, 0) is 20.9 Å². The van der Waals surface area contributed by atoms with Gasteiger partial charge in [-0.25, -0.2) is 0 Å². The van der Waals surface area contributed by atoms with Crippen molar-refractivity contribution in [2.24, 2.45) is 0 Å². The predicted molar refractivity (Wildman–Crippen MR) is 97.9 cm³/mol. The minimum atomic E-state index is -0.661. The number of carbonyl (C=O) groups excluding carboxylic acids is 2. The van der Waals surface area contributed by atoms with E-state index in [1.807, 2.05) is 0 Å². The molecular formula is C17H14Cl2N2O6. The zero-order chi connectivity index (χ0) is 19.8. The molecule has 0 aromatic heterocycles. The number of halogens is 2. The van der Waals surface area contributed by atoms with Gasteiger partial charge in [-0.3, -0.25) is 19.7 Å². The van der Waals surface area contributed by atoms with Gasteiger partial charge in [-0.2, -0.15) is 0 Å². The molecule has 0 aliphatic carbocycles. The Bertz CT molecular complexity index is 842. The normalized spacial score (nSPS) is 10.1. The van der Waals surface area contributed by atoms with Crippen LogP contribution in [-0.4, -0.2) is 30.0 Å². The first-order chi connectivity index (χ1) is 12.8. The molecule has 2 aromatic carbocycles. The van der Waals surface area contributed by atoms with E-state index in [4.69, 9.17) is 32.7 Å². The molecule has 0 aliphatic heterocycles. The summed E-state index contributed by atoms with van der Waals surface area (Å²) in [6.45, 7) is -0.746. The molecule has 0 aliphatic rings. The predicted octanol–water partition coefficient (Wildman–Crippen LogP) is 3.14. The van der Waals surface area contributed by atoms with Gasteiger partial charge in [0.1, 0.15) is 18.9 Å². The Morgan fingerprint density at radius 2 is 1.81 bits per heavy atom. The second-order valence-electron chi connectivity index (χ2n) is 5.22. The van der Waals surface area contributed by atoms with Gasteiger partial charge in [0.05, 0.1) is 9.95 Å². The molecule has 10 heteroatoms. The number of carbonyl (C=O) groups is 2. The van der Waals surface area contributed by atoms with Crippen molar-refractivity contribution in [1.29, 1.82) is 0 Å². The van der Waals surface area contributed by atoms with Gasteiger partial charge < -0.3 is 14.8 Å². The van der Waals surface area contributed by atoms with Gasteiger partial charge in [-0.15, -0.1) is 0 Å². The lowest BCUT2D eigenvalue weighted by Gasteiger charge is -2.09. The van der Waals surface area contributed by atoms with Gasteiger partial charge in [0.15, 0.2) is 6.61 Å². The highest BCUT2D eigenvalue weighted by atomic mass is 35.5. The summed E-state index contributed by atoms with van der Waals surface area (Å²) in [6, 6.07) is 10.1. The number of ether oxygens (including phenoxy) is 2. The van der Waals surface area contributed by atoms with E-state index in [9.17, 15) is 19.7 Å². The molecule has 8 nitrogen and oxygen atoms in total. The number of benzene rings is 2. The second kappa shape index (κ2) is 9.75. The minimum absolute atomic E-state index is 0.0573. The van der Waals surface area contributed by atoms with Crippen molar-refractivity contribution in [2.45, 2.75) is 6.61 Å². The summed E-state index contributed by atoms with van der Waals surface area (Å²) in [5.74, 6) is -0.906. The second-order valence-corrected chi connectivity index (χ2v) is 6.07. The van der Waals surface area contributed by atoms with Crippen LogP contribution in [0.1, 0.15) is 5.56 Å². The van der Waals surface area contributed by atoms with Crippen molar-refractivity contribution in [3.63, 3.8) is 0 Å². The first-order valence-electron chi connectivity index (χ1n) is 7.58. The summed E-state index contributed by atoms with van der Waals surface area (Å²) in [4.78, 5) is 33.4. The van der Waals surface area contributed by atoms with Crippen LogP contribution >= 0.6 is 23.2 Å². The van der Waals surface area contributed by atoms with E-state index in [0.29, 0.717) is 10.6 Å². The van der Waals surface area contributed by atoms with Crippen molar-refractivity contribution >= 4 is 40.8 Å². The van der Waals surface area contributed by atoms with Crippen LogP contribution in [0.5, 0.6) is 5.75 Å². The number of nitrogens with one attached hydrogen (secondary N) is 1. The molecule has 142 valence electrons. The molecule has 0 heterocycles. The summed E-state index contributed by atoms with van der Waals surface area (Å²) in [6.07, 6.45) is 0. The van der Waals surface area contributed by atoms with Crippen molar-refractivity contribution in [3.8, 4) is 5.75 Å². The zero-order valence-electron chi connectivity index (χ0n) is 13.8. The van der Waals surface area contributed by atoms with Crippen molar-refractivity contribution in [1.82, 2.24) is 5.32 Å². The molecule has 2 aromatic rings. The largest absolute Gasteiger partial charge is 0.482 e. The van der Waals surface area contributed by atoms with Crippen LogP contribution in [0.3, 0.4) is 0 Å². The Morgan fingerprint density at radius 1 is 1.11 bits per heavy atom. The molecule has 0 bridgehead atoms. The lowest BCUT2D eigenvalue weighted by atomic mass is 10.2. The van der Waals surface area contributed by atoms with Crippen LogP contribution in [0.15, 0.2) is 42.5 Å². The van der Waals surface area contributed by atoms with E-state index in [0.717, 1.165) is 0 Å². The van der Waals surface area contributed by atoms with E-state index in [2.05, 4.69) is 5.32 Å². The van der Waals surface area contributed by atoms with Gasteiger partial charge >= 0.3 is 5.97 Å². The lowest BCUT2D eigenvalue weighted by Crippen LogP contribution is -2.34. The number of hydrogen-bond donors (Lipinski definition) is 1. The van der Waals surface area contributed by atoms with Crippen molar-refractivity contribution in [3.05, 3.63) is 68.2 Å². The minimum Gasteiger partial charge on any atom is -0.482 e. The highest BCUT2D eigenvalue weighted by Crippen LogP contribution is 2.27. The van der Waals surface area contributed by atoms with Gasteiger partial charge in [-0.05, 0) is 35.9 Å². The average molecular weight is 413 g/mol. The highest BCUT2D eigenvalue weighted by molar-refractivity contribution is 6.35. The number of nitro groups is 1. The number of non-ortho nitro benzene ring substituents is 1. The van der Waals surface area contributed by atoms with Crippen LogP contribution in [0, 0.1) is 10.1 Å². The standard InChI is InChI=1S/C17H14Cl2N2O6/c18-12-3-6-15(14(19)7-12)26-10-16(22)20-8-17(23)27-9-11-1-4-13(5-2-11)21(24)25/h1-7H,8-10H2,(H,20,22). The van der Waals surface area contributed by atoms with Gasteiger partial charge in [0, 0.05) is 17.2 Å². The highest BCUT2D eigenvalue weighted by Gasteiger charge is 2.10. The number of nitrogens with zero attached hydrogens (tertiary/aromatic N) is 1. The molecule has 0 radical (unpaired) electrons. The van der Waals surface area contributed by atoms with Gasteiger partial charge in [-0.1, -0.05) is 23.2 Å². The molecule has 1 N–H and O–H groups in total. The Balaban J connectivity index is 1.70. The number of nitro benzene ring substituents is 1. The maximum atomic E-state index is 11.7. The Labute approximate surface area is 164 Å². The van der Waals surface area contributed by atoms with Crippen LogP contribution in [0.25, 0.3) is 0 Å². The molecule has 27 heavy (non-hydrogen) atoms. The number of hydrogen-bond acceptors (Lipinski definition) is 6. The smallest absolute Gasteiger partial charge is 0.325 e. The fourth-order valence-electron chi connectivity index (χ4n) is 1.89. The molecular weight excluding hydrogens is 399 g/mol. The Hall–Kier alpha value is -2.84. The summed E-state index contributed by atoms with van der Waals surface area (Å²) in [5, 5.41) is 13.6. The summed E-state index contributed by atoms with van der Waals surface area (Å²) >= 11 is 11.7. The molecule has 0 saturated heterocycles. The number of amides is 1. The molecule has 0 spiro atoms. The zero-order valence-corrected chi connectivity index (χ0v) is 15.3. The number of esters is 1. The SMILES string of the molecule is O=C(COc1ccc(Cl)cc1Cl)NCC(=O)OCc1ccc([N+](=O)[O-])cc1. The summed E-state index contributed by atoms with van der Waals surface area (Å²) in [5.41, 5.74) is 0.527. The molecule has 1 amide bonds. The molecule has 0 unspecified atom stereocenters. The first-order valence-corrected chi connectivity index (χ1v) is 8.34. The van der Waals surface area contributed by atoms with Crippen LogP contribution in [0.2, 0.25) is 10.0 Å². The van der Waals surface area contributed by atoms with E-state index < -0.39 is 16.8 Å². The van der Waals surface area contributed by atoms with Crippen LogP contribution in [0.4, 0.5) is 5.69 Å². The third-order valence-electron chi connectivity index (χ3n) is 3.23. The molecule has 0 fully saturated rings. The summed E-state index contributed by atoms with van der Waals surface area (Å²) < 4.78 is 10.2. The monoisotopic (exact) mass is 412 g/mol. The maximum Gasteiger partial charge on any atom is 0.325 e. The molecule has 0 saturated carbocycles. The summed E-state index contributed by atoms with van der Waals surface area (Å²) in [7, 11) is 0.